The summed E-state index contributed by atoms with van der Waals surface area (Å²) in [6.07, 6.45) is 7.99. The third-order valence-corrected chi connectivity index (χ3v) is 12.7. The molecule has 9 heteroatoms. The lowest BCUT2D eigenvalue weighted by atomic mass is 9.53. The Balaban J connectivity index is 0.939. The molecule has 2 amide bonds. The monoisotopic (exact) mass is 705 g/mol. The SMILES string of the molecule is C[C@@H]1[C@H](CSc2cccc[n+]2[O-])O[C@H](c2ccc(-c3cccc(CNC(=O)NC45CC6CC(CC(C6)C4)C5)c3)cc2)O[C@@H]1c1ccc(CO)cc1. The molecule has 4 aliphatic carbocycles. The van der Waals surface area contributed by atoms with Gasteiger partial charge >= 0.3 is 6.03 Å². The van der Waals surface area contributed by atoms with Crippen molar-refractivity contribution in [1.29, 1.82) is 0 Å². The fourth-order valence-corrected chi connectivity index (χ4v) is 10.5. The van der Waals surface area contributed by atoms with E-state index in [0.717, 1.165) is 75.1 Å². The van der Waals surface area contributed by atoms with Crippen molar-refractivity contribution in [1.82, 2.24) is 10.6 Å². The number of hydrogen-bond donors (Lipinski definition) is 3. The van der Waals surface area contributed by atoms with Crippen molar-refractivity contribution in [3.63, 3.8) is 0 Å². The average Bonchev–Trinajstić information content (AvgIpc) is 3.14. The fourth-order valence-electron chi connectivity index (χ4n) is 9.43. The topological polar surface area (TPSA) is 107 Å². The molecule has 3 N–H and O–H groups in total. The molecule has 1 saturated heterocycles. The number of nitrogens with one attached hydrogen (secondary N) is 2. The number of aromatic nitrogens is 1. The Morgan fingerprint density at radius 3 is 2.25 bits per heavy atom. The molecule has 51 heavy (non-hydrogen) atoms. The van der Waals surface area contributed by atoms with Crippen molar-refractivity contribution in [3.05, 3.63) is 125 Å². The molecule has 2 heterocycles. The molecule has 5 aliphatic rings. The van der Waals surface area contributed by atoms with E-state index < -0.39 is 6.29 Å². The van der Waals surface area contributed by atoms with Crippen LogP contribution in [0, 0.1) is 28.9 Å². The maximum absolute atomic E-state index is 13.1. The number of amides is 2. The van der Waals surface area contributed by atoms with Gasteiger partial charge in [0.15, 0.2) is 12.5 Å². The molecule has 4 atom stereocenters. The molecule has 1 aliphatic heterocycles. The lowest BCUT2D eigenvalue weighted by Crippen LogP contribution is -2.61. The Kier molecular flexibility index (Phi) is 9.81. The van der Waals surface area contributed by atoms with Gasteiger partial charge < -0.3 is 30.4 Å². The van der Waals surface area contributed by atoms with Gasteiger partial charge in [-0.1, -0.05) is 85.4 Å². The summed E-state index contributed by atoms with van der Waals surface area (Å²) in [6, 6.07) is 29.9. The molecule has 4 saturated carbocycles. The number of rotatable bonds is 10. The number of ether oxygens (including phenoxy) is 2. The number of benzene rings is 3. The lowest BCUT2D eigenvalue weighted by molar-refractivity contribution is -0.645. The summed E-state index contributed by atoms with van der Waals surface area (Å²) in [7, 11) is 0. The number of carbonyl (C=O) groups excluding carboxylic acids is 1. The van der Waals surface area contributed by atoms with Gasteiger partial charge in [0.25, 0.3) is 5.03 Å². The highest BCUT2D eigenvalue weighted by atomic mass is 32.2. The largest absolute Gasteiger partial charge is 0.618 e. The fraction of sp³-hybridized carbons (Fsp3) is 0.429. The third-order valence-electron chi connectivity index (χ3n) is 11.6. The van der Waals surface area contributed by atoms with Crippen molar-refractivity contribution in [2.45, 2.75) is 87.7 Å². The van der Waals surface area contributed by atoms with Crippen LogP contribution in [0.3, 0.4) is 0 Å². The van der Waals surface area contributed by atoms with E-state index in [9.17, 15) is 15.1 Å². The number of aliphatic hydroxyl groups is 1. The van der Waals surface area contributed by atoms with Crippen LogP contribution < -0.4 is 15.4 Å². The summed E-state index contributed by atoms with van der Waals surface area (Å²) in [5.41, 5.74) is 5.98. The van der Waals surface area contributed by atoms with Crippen LogP contribution in [0.15, 0.2) is 102 Å². The highest BCUT2D eigenvalue weighted by Gasteiger charge is 2.51. The zero-order chi connectivity index (χ0) is 35.0. The molecule has 266 valence electrons. The minimum absolute atomic E-state index is 0.00293. The third kappa shape index (κ3) is 7.54. The standard InChI is InChI=1S/C42H47N3O5S/c1-27-37(26-51-38-7-2-3-16-45(38)48)49-40(50-39(27)34-10-8-28(25-46)9-11-34)35-14-12-33(13-15-35)36-6-4-5-29(20-36)24-43-41(47)44-42-21-30-17-31(22-42)19-32(18-30)23-42/h2-16,20,27,30-32,37,39-40,46H,17-19,21-26H2,1H3,(H2,43,44,47)/t27-,30?,31?,32?,37+,39+,40+,42?/m1/s1. The van der Waals surface area contributed by atoms with Gasteiger partial charge in [0.1, 0.15) is 0 Å². The van der Waals surface area contributed by atoms with E-state index in [1.54, 1.807) is 6.07 Å². The number of thioether (sulfide) groups is 1. The number of hydrogen-bond acceptors (Lipinski definition) is 6. The second kappa shape index (κ2) is 14.6. The Hall–Kier alpha value is -3.89. The van der Waals surface area contributed by atoms with Crippen molar-refractivity contribution in [2.75, 3.05) is 5.75 Å². The van der Waals surface area contributed by atoms with E-state index in [1.165, 1.54) is 37.2 Å². The number of aliphatic hydroxyl groups excluding tert-OH is 1. The van der Waals surface area contributed by atoms with E-state index in [0.29, 0.717) is 17.3 Å². The summed E-state index contributed by atoms with van der Waals surface area (Å²) in [4.78, 5) is 13.1. The maximum atomic E-state index is 13.1. The van der Waals surface area contributed by atoms with Gasteiger partial charge in [-0.25, -0.2) is 4.79 Å². The predicted molar refractivity (Wildman–Crippen MR) is 197 cm³/mol. The van der Waals surface area contributed by atoms with Crippen molar-refractivity contribution in [2.24, 2.45) is 23.7 Å². The summed E-state index contributed by atoms with van der Waals surface area (Å²) in [6.45, 7) is 2.59. The molecule has 8 nitrogen and oxygen atoms in total. The van der Waals surface area contributed by atoms with Crippen LogP contribution in [0.5, 0.6) is 0 Å². The first-order valence-corrected chi connectivity index (χ1v) is 19.4. The lowest BCUT2D eigenvalue weighted by Gasteiger charge is -2.56. The highest BCUT2D eigenvalue weighted by Crippen LogP contribution is 2.55. The van der Waals surface area contributed by atoms with Crippen LogP contribution in [0.2, 0.25) is 0 Å². The normalized spacial score (nSPS) is 29.5. The molecule has 0 spiro atoms. The molecule has 4 aromatic rings. The second-order valence-electron chi connectivity index (χ2n) is 15.3. The summed E-state index contributed by atoms with van der Waals surface area (Å²) >= 11 is 1.49. The zero-order valence-corrected chi connectivity index (χ0v) is 29.9. The minimum Gasteiger partial charge on any atom is -0.618 e. The molecule has 9 rings (SSSR count). The Labute approximate surface area is 304 Å². The van der Waals surface area contributed by atoms with Gasteiger partial charge in [0.2, 0.25) is 0 Å². The molecular weight excluding hydrogens is 659 g/mol. The van der Waals surface area contributed by atoms with E-state index >= 15 is 0 Å². The molecule has 0 radical (unpaired) electrons. The van der Waals surface area contributed by atoms with Crippen LogP contribution >= 0.6 is 11.8 Å². The number of pyridine rings is 1. The van der Waals surface area contributed by atoms with E-state index in [-0.39, 0.29) is 36.3 Å². The molecule has 1 aromatic heterocycles. The van der Waals surface area contributed by atoms with Crippen LogP contribution in [-0.2, 0) is 22.6 Å². The maximum Gasteiger partial charge on any atom is 0.315 e. The van der Waals surface area contributed by atoms with Gasteiger partial charge in [0, 0.05) is 41.5 Å². The number of nitrogens with zero attached hydrogens (tertiary/aromatic N) is 1. The predicted octanol–water partition coefficient (Wildman–Crippen LogP) is 7.83. The second-order valence-corrected chi connectivity index (χ2v) is 16.4. The van der Waals surface area contributed by atoms with Gasteiger partial charge in [-0.15, -0.1) is 0 Å². The van der Waals surface area contributed by atoms with Crippen molar-refractivity contribution in [3.8, 4) is 11.1 Å². The van der Waals surface area contributed by atoms with E-state index in [1.807, 2.05) is 42.5 Å². The van der Waals surface area contributed by atoms with Crippen molar-refractivity contribution >= 4 is 17.8 Å². The Morgan fingerprint density at radius 1 is 0.863 bits per heavy atom. The van der Waals surface area contributed by atoms with Crippen LogP contribution in [0.4, 0.5) is 4.79 Å². The first-order valence-electron chi connectivity index (χ1n) is 18.4. The summed E-state index contributed by atoms with van der Waals surface area (Å²) < 4.78 is 14.1. The van der Waals surface area contributed by atoms with Gasteiger partial charge in [0.05, 0.1) is 18.8 Å². The molecule has 0 unspecified atom stereocenters. The molecular formula is C42H47N3O5S. The highest BCUT2D eigenvalue weighted by molar-refractivity contribution is 7.99. The summed E-state index contributed by atoms with van der Waals surface area (Å²) in [5.74, 6) is 2.98. The molecule has 4 bridgehead atoms. The van der Waals surface area contributed by atoms with Gasteiger partial charge in [-0.2, -0.15) is 4.73 Å². The van der Waals surface area contributed by atoms with Gasteiger partial charge in [-0.05, 0) is 96.2 Å². The van der Waals surface area contributed by atoms with Crippen LogP contribution in [0.1, 0.15) is 80.1 Å². The molecule has 3 aromatic carbocycles. The Morgan fingerprint density at radius 2 is 1.57 bits per heavy atom. The average molecular weight is 706 g/mol. The Bertz CT molecular complexity index is 1800. The first kappa shape index (κ1) is 34.2. The van der Waals surface area contributed by atoms with Crippen LogP contribution in [0.25, 0.3) is 11.1 Å². The quantitative estimate of drug-likeness (QED) is 0.0883. The summed E-state index contributed by atoms with van der Waals surface area (Å²) in [5, 5.41) is 29.1. The van der Waals surface area contributed by atoms with E-state index in [2.05, 4.69) is 60.0 Å². The smallest absolute Gasteiger partial charge is 0.315 e. The minimum atomic E-state index is -0.596. The number of urea groups is 1. The first-order chi connectivity index (χ1) is 24.8. The number of carbonyl (C=O) groups is 1. The van der Waals surface area contributed by atoms with E-state index in [4.69, 9.17) is 9.47 Å². The van der Waals surface area contributed by atoms with Crippen LogP contribution in [-0.4, -0.2) is 28.5 Å². The zero-order valence-electron chi connectivity index (χ0n) is 29.1. The molecule has 5 fully saturated rings. The van der Waals surface area contributed by atoms with Crippen molar-refractivity contribution < 1.29 is 24.1 Å². The van der Waals surface area contributed by atoms with Gasteiger partial charge in [-0.3, -0.25) is 0 Å².